The monoisotopic (exact) mass is 394 g/mol. The maximum absolute atomic E-state index is 5.37. The fraction of sp³-hybridized carbons (Fsp3) is 0.105. The maximum atomic E-state index is 5.37. The maximum Gasteiger partial charge on any atom is 0.135 e. The number of ether oxygens (including phenoxy) is 1. The first-order valence-corrected chi connectivity index (χ1v) is 8.54. The van der Waals surface area contributed by atoms with Crippen LogP contribution in [0.3, 0.4) is 0 Å². The van der Waals surface area contributed by atoms with Gasteiger partial charge in [-0.15, -0.1) is 0 Å². The molecule has 6 heteroatoms. The Labute approximate surface area is 153 Å². The molecule has 0 saturated carbocycles. The number of aromatic nitrogens is 4. The number of halogens is 1. The molecule has 0 radical (unpaired) electrons. The van der Waals surface area contributed by atoms with Crippen LogP contribution < -0.4 is 4.74 Å². The molecule has 2 heterocycles. The summed E-state index contributed by atoms with van der Waals surface area (Å²) in [6, 6.07) is 14.0. The molecule has 0 saturated heterocycles. The van der Waals surface area contributed by atoms with E-state index in [9.17, 15) is 0 Å². The van der Waals surface area contributed by atoms with Gasteiger partial charge in [-0.3, -0.25) is 4.68 Å². The van der Waals surface area contributed by atoms with Gasteiger partial charge < -0.3 is 4.74 Å². The highest BCUT2D eigenvalue weighted by Crippen LogP contribution is 2.36. The van der Waals surface area contributed by atoms with Crippen LogP contribution in [-0.4, -0.2) is 26.9 Å². The first-order valence-electron chi connectivity index (χ1n) is 7.75. The van der Waals surface area contributed by atoms with Gasteiger partial charge in [0.05, 0.1) is 22.8 Å². The fourth-order valence-electron chi connectivity index (χ4n) is 2.90. The molecule has 0 aliphatic carbocycles. The average molecular weight is 395 g/mol. The minimum atomic E-state index is 0.742. The van der Waals surface area contributed by atoms with E-state index in [4.69, 9.17) is 4.74 Å². The zero-order valence-corrected chi connectivity index (χ0v) is 15.4. The van der Waals surface area contributed by atoms with Crippen LogP contribution in [0.1, 0.15) is 0 Å². The number of hydrogen-bond acceptors (Lipinski definition) is 4. The van der Waals surface area contributed by atoms with Crippen LogP contribution in [0.5, 0.6) is 5.75 Å². The third-order valence-corrected chi connectivity index (χ3v) is 4.66. The smallest absolute Gasteiger partial charge is 0.135 e. The topological polar surface area (TPSA) is 52.8 Å². The van der Waals surface area contributed by atoms with Gasteiger partial charge in [-0.05, 0) is 22.0 Å². The second-order valence-electron chi connectivity index (χ2n) is 5.66. The van der Waals surface area contributed by atoms with E-state index in [2.05, 4.69) is 31.0 Å². The lowest BCUT2D eigenvalue weighted by molar-refractivity contribution is 0.412. The Balaban J connectivity index is 1.99. The minimum absolute atomic E-state index is 0.742. The Kier molecular flexibility index (Phi) is 3.97. The molecule has 0 unspecified atom stereocenters. The molecule has 124 valence electrons. The molecule has 2 aromatic heterocycles. The summed E-state index contributed by atoms with van der Waals surface area (Å²) < 4.78 is 8.05. The van der Waals surface area contributed by atoms with Crippen molar-refractivity contribution in [3.8, 4) is 28.3 Å². The number of benzene rings is 2. The van der Waals surface area contributed by atoms with Crippen LogP contribution in [-0.2, 0) is 7.05 Å². The van der Waals surface area contributed by atoms with Gasteiger partial charge in [0.25, 0.3) is 0 Å². The Morgan fingerprint density at radius 3 is 2.60 bits per heavy atom. The van der Waals surface area contributed by atoms with Crippen LogP contribution in [0.4, 0.5) is 0 Å². The summed E-state index contributed by atoms with van der Waals surface area (Å²) in [6.45, 7) is 0. The van der Waals surface area contributed by atoms with E-state index < -0.39 is 0 Å². The van der Waals surface area contributed by atoms with Gasteiger partial charge in [-0.1, -0.05) is 30.3 Å². The number of fused-ring (bicyclic) bond motifs is 1. The van der Waals surface area contributed by atoms with Crippen LogP contribution in [0.2, 0.25) is 0 Å². The van der Waals surface area contributed by atoms with Crippen molar-refractivity contribution in [1.29, 1.82) is 0 Å². The molecule has 5 nitrogen and oxygen atoms in total. The highest BCUT2D eigenvalue weighted by Gasteiger charge is 2.17. The average Bonchev–Trinajstić information content (AvgIpc) is 3.03. The van der Waals surface area contributed by atoms with Crippen LogP contribution in [0.15, 0.2) is 59.5 Å². The molecule has 0 fully saturated rings. The number of aryl methyl sites for hydroxylation is 1. The Hall–Kier alpha value is -2.73. The Morgan fingerprint density at radius 2 is 1.84 bits per heavy atom. The summed E-state index contributed by atoms with van der Waals surface area (Å²) in [5.74, 6) is 0.742. The predicted molar refractivity (Wildman–Crippen MR) is 101 cm³/mol. The lowest BCUT2D eigenvalue weighted by Gasteiger charge is -2.09. The lowest BCUT2D eigenvalue weighted by atomic mass is 10.0. The molecular formula is C19H15BrN4O. The molecule has 0 spiro atoms. The fourth-order valence-corrected chi connectivity index (χ4v) is 3.40. The van der Waals surface area contributed by atoms with Gasteiger partial charge in [0.1, 0.15) is 17.8 Å². The number of hydrogen-bond donors (Lipinski definition) is 0. The summed E-state index contributed by atoms with van der Waals surface area (Å²) in [7, 11) is 3.56. The van der Waals surface area contributed by atoms with Crippen molar-refractivity contribution in [1.82, 2.24) is 19.7 Å². The SMILES string of the molecule is COc1cc2ncnc(-c3cn(C)nc3-c3ccccc3)c2cc1Br. The van der Waals surface area contributed by atoms with Gasteiger partial charge in [-0.2, -0.15) is 5.10 Å². The van der Waals surface area contributed by atoms with Crippen molar-refractivity contribution in [3.63, 3.8) is 0 Å². The van der Waals surface area contributed by atoms with Gasteiger partial charge >= 0.3 is 0 Å². The molecule has 4 aromatic rings. The van der Waals surface area contributed by atoms with Crippen molar-refractivity contribution in [3.05, 3.63) is 59.5 Å². The zero-order valence-electron chi connectivity index (χ0n) is 13.8. The van der Waals surface area contributed by atoms with Crippen LogP contribution >= 0.6 is 15.9 Å². The molecular weight excluding hydrogens is 380 g/mol. The van der Waals surface area contributed by atoms with Gasteiger partial charge in [0, 0.05) is 35.8 Å². The van der Waals surface area contributed by atoms with Crippen molar-refractivity contribution < 1.29 is 4.74 Å². The summed E-state index contributed by atoms with van der Waals surface area (Å²) in [5, 5.41) is 5.58. The standard InChI is InChI=1S/C19H15BrN4O/c1-24-10-14(18(23-24)12-6-4-3-5-7-12)19-13-8-15(20)17(25-2)9-16(13)21-11-22-19/h3-11H,1-2H3. The predicted octanol–water partition coefficient (Wildman–Crippen LogP) is 4.47. The van der Waals surface area contributed by atoms with Crippen LogP contribution in [0.25, 0.3) is 33.4 Å². The third kappa shape index (κ3) is 2.78. The molecule has 4 rings (SSSR count). The summed E-state index contributed by atoms with van der Waals surface area (Å²) >= 11 is 3.55. The molecule has 0 bridgehead atoms. The zero-order chi connectivity index (χ0) is 17.4. The van der Waals surface area contributed by atoms with Gasteiger partial charge in [-0.25, -0.2) is 9.97 Å². The molecule has 0 aliphatic rings. The van der Waals surface area contributed by atoms with Crippen molar-refractivity contribution in [2.24, 2.45) is 7.05 Å². The molecule has 0 N–H and O–H groups in total. The normalized spacial score (nSPS) is 11.0. The molecule has 0 aliphatic heterocycles. The van der Waals surface area contributed by atoms with Crippen molar-refractivity contribution in [2.75, 3.05) is 7.11 Å². The van der Waals surface area contributed by atoms with Gasteiger partial charge in [0.15, 0.2) is 0 Å². The summed E-state index contributed by atoms with van der Waals surface area (Å²) in [6.07, 6.45) is 3.56. The van der Waals surface area contributed by atoms with E-state index in [1.807, 2.05) is 60.4 Å². The highest BCUT2D eigenvalue weighted by molar-refractivity contribution is 9.10. The van der Waals surface area contributed by atoms with E-state index in [0.717, 1.165) is 43.6 Å². The molecule has 0 amide bonds. The minimum Gasteiger partial charge on any atom is -0.495 e. The number of rotatable bonds is 3. The quantitative estimate of drug-likeness (QED) is 0.514. The third-order valence-electron chi connectivity index (χ3n) is 4.04. The molecule has 25 heavy (non-hydrogen) atoms. The van der Waals surface area contributed by atoms with E-state index in [1.165, 1.54) is 0 Å². The Morgan fingerprint density at radius 1 is 1.04 bits per heavy atom. The van der Waals surface area contributed by atoms with Gasteiger partial charge in [0.2, 0.25) is 0 Å². The van der Waals surface area contributed by atoms with Crippen molar-refractivity contribution in [2.45, 2.75) is 0 Å². The van der Waals surface area contributed by atoms with E-state index in [1.54, 1.807) is 13.4 Å². The van der Waals surface area contributed by atoms with Crippen molar-refractivity contribution >= 4 is 26.8 Å². The number of nitrogens with zero attached hydrogens (tertiary/aromatic N) is 4. The summed E-state index contributed by atoms with van der Waals surface area (Å²) in [5.41, 5.74) is 4.60. The number of methoxy groups -OCH3 is 1. The summed E-state index contributed by atoms with van der Waals surface area (Å²) in [4.78, 5) is 8.93. The Bertz CT molecular complexity index is 1060. The largest absolute Gasteiger partial charge is 0.495 e. The lowest BCUT2D eigenvalue weighted by Crippen LogP contribution is -1.92. The molecule has 0 atom stereocenters. The van der Waals surface area contributed by atoms with E-state index in [0.29, 0.717) is 0 Å². The second kappa shape index (κ2) is 6.29. The second-order valence-corrected chi connectivity index (χ2v) is 6.51. The van der Waals surface area contributed by atoms with E-state index in [-0.39, 0.29) is 0 Å². The van der Waals surface area contributed by atoms with Crippen LogP contribution in [0, 0.1) is 0 Å². The molecule has 2 aromatic carbocycles. The highest BCUT2D eigenvalue weighted by atomic mass is 79.9. The first-order chi connectivity index (χ1) is 12.2. The van der Waals surface area contributed by atoms with E-state index >= 15 is 0 Å². The first kappa shape index (κ1) is 15.8.